The molecule has 120 valence electrons. The number of thiophene rings is 1. The number of carbonyl (C=O) groups is 2. The number of amides is 1. The Kier molecular flexibility index (Phi) is 4.78. The van der Waals surface area contributed by atoms with Gasteiger partial charge in [0, 0.05) is 18.0 Å². The Morgan fingerprint density at radius 1 is 1.32 bits per heavy atom. The minimum absolute atomic E-state index is 0.188. The van der Waals surface area contributed by atoms with E-state index in [-0.39, 0.29) is 12.5 Å². The first-order valence-corrected chi connectivity index (χ1v) is 8.77. The molecular formula is C16H22N2O3S. The highest BCUT2D eigenvalue weighted by Crippen LogP contribution is 2.33. The van der Waals surface area contributed by atoms with E-state index in [4.69, 9.17) is 9.90 Å². The third kappa shape index (κ3) is 3.03. The van der Waals surface area contributed by atoms with Gasteiger partial charge in [-0.1, -0.05) is 0 Å². The predicted molar refractivity (Wildman–Crippen MR) is 84.8 cm³/mol. The molecule has 0 radical (unpaired) electrons. The Balaban J connectivity index is 0.000000446. The van der Waals surface area contributed by atoms with Gasteiger partial charge in [-0.15, -0.1) is 11.3 Å². The van der Waals surface area contributed by atoms with Crippen LogP contribution in [0, 0.1) is 5.92 Å². The Morgan fingerprint density at radius 3 is 2.68 bits per heavy atom. The minimum Gasteiger partial charge on any atom is -0.483 e. The van der Waals surface area contributed by atoms with Crippen molar-refractivity contribution in [3.05, 3.63) is 21.9 Å². The molecule has 0 aromatic carbocycles. The number of nitrogens with zero attached hydrogens (tertiary/aromatic N) is 2. The summed E-state index contributed by atoms with van der Waals surface area (Å²) in [6.07, 6.45) is 4.76. The molecule has 1 atom stereocenters. The van der Waals surface area contributed by atoms with Crippen molar-refractivity contribution in [3.8, 4) is 0 Å². The van der Waals surface area contributed by atoms with Crippen molar-refractivity contribution in [1.29, 1.82) is 0 Å². The fourth-order valence-electron chi connectivity index (χ4n) is 3.87. The van der Waals surface area contributed by atoms with Gasteiger partial charge in [0.25, 0.3) is 6.47 Å². The molecule has 4 aliphatic rings. The van der Waals surface area contributed by atoms with Crippen molar-refractivity contribution >= 4 is 23.7 Å². The van der Waals surface area contributed by atoms with Gasteiger partial charge in [0.2, 0.25) is 5.91 Å². The van der Waals surface area contributed by atoms with E-state index in [2.05, 4.69) is 21.2 Å². The van der Waals surface area contributed by atoms with Crippen molar-refractivity contribution < 1.29 is 14.7 Å². The Labute approximate surface area is 134 Å². The van der Waals surface area contributed by atoms with Crippen molar-refractivity contribution in [2.24, 2.45) is 5.92 Å². The first-order valence-electron chi connectivity index (χ1n) is 7.89. The number of carboxylic acid groups (broad SMARTS) is 1. The molecule has 3 fully saturated rings. The standard InChI is InChI=1S/C15H20N2OS.CH2O2/c18-15(13-9-11-1-5-16(13)6-2-11)17-7-3-14-12(10-17)4-8-19-14;2-1-3/h4,8,11,13H,1-3,5-7,9-10H2;1H,(H,2,3). The normalized spacial score (nSPS) is 29.3. The lowest BCUT2D eigenvalue weighted by atomic mass is 9.82. The van der Waals surface area contributed by atoms with Crippen LogP contribution in [0.2, 0.25) is 0 Å². The van der Waals surface area contributed by atoms with Crippen LogP contribution in [0.25, 0.3) is 0 Å². The first-order chi connectivity index (χ1) is 10.7. The van der Waals surface area contributed by atoms with Crippen molar-refractivity contribution in [1.82, 2.24) is 9.80 Å². The van der Waals surface area contributed by atoms with Gasteiger partial charge in [0.05, 0.1) is 6.04 Å². The summed E-state index contributed by atoms with van der Waals surface area (Å²) in [5.41, 5.74) is 1.38. The highest BCUT2D eigenvalue weighted by atomic mass is 32.1. The van der Waals surface area contributed by atoms with E-state index < -0.39 is 0 Å². The second-order valence-electron chi connectivity index (χ2n) is 6.22. The van der Waals surface area contributed by atoms with Gasteiger partial charge in [0.15, 0.2) is 0 Å². The van der Waals surface area contributed by atoms with Crippen molar-refractivity contribution in [2.75, 3.05) is 19.6 Å². The van der Waals surface area contributed by atoms with Crippen LogP contribution >= 0.6 is 11.3 Å². The average Bonchev–Trinajstić information content (AvgIpc) is 3.03. The SMILES string of the molecule is O=C(C1CC2CCN1CC2)N1CCc2sccc2C1.O=CO. The molecule has 1 amide bonds. The number of rotatable bonds is 1. The third-order valence-corrected chi connectivity index (χ3v) is 6.07. The van der Waals surface area contributed by atoms with E-state index in [1.807, 2.05) is 11.3 Å². The van der Waals surface area contributed by atoms with Crippen LogP contribution in [0.3, 0.4) is 0 Å². The van der Waals surface area contributed by atoms with E-state index in [0.29, 0.717) is 5.91 Å². The zero-order chi connectivity index (χ0) is 15.5. The number of piperidine rings is 3. The summed E-state index contributed by atoms with van der Waals surface area (Å²) < 4.78 is 0. The lowest BCUT2D eigenvalue weighted by Crippen LogP contribution is -2.56. The molecule has 5 nitrogen and oxygen atoms in total. The van der Waals surface area contributed by atoms with Crippen molar-refractivity contribution in [3.63, 3.8) is 0 Å². The van der Waals surface area contributed by atoms with Gasteiger partial charge in [-0.3, -0.25) is 14.5 Å². The molecule has 1 aromatic rings. The molecule has 5 heterocycles. The van der Waals surface area contributed by atoms with Crippen LogP contribution in [0.15, 0.2) is 11.4 Å². The van der Waals surface area contributed by atoms with E-state index in [1.165, 1.54) is 23.3 Å². The molecule has 22 heavy (non-hydrogen) atoms. The van der Waals surface area contributed by atoms with E-state index in [0.717, 1.165) is 44.9 Å². The van der Waals surface area contributed by atoms with E-state index in [1.54, 1.807) is 0 Å². The zero-order valence-corrected chi connectivity index (χ0v) is 13.4. The lowest BCUT2D eigenvalue weighted by Gasteiger charge is -2.46. The predicted octanol–water partition coefficient (Wildman–Crippen LogP) is 1.82. The summed E-state index contributed by atoms with van der Waals surface area (Å²) in [5.74, 6) is 1.20. The Bertz CT molecular complexity index is 537. The molecule has 4 aliphatic heterocycles. The Hall–Kier alpha value is -1.40. The maximum Gasteiger partial charge on any atom is 0.290 e. The molecule has 3 saturated heterocycles. The van der Waals surface area contributed by atoms with Crippen molar-refractivity contribution in [2.45, 2.75) is 38.3 Å². The smallest absolute Gasteiger partial charge is 0.290 e. The van der Waals surface area contributed by atoms with E-state index in [9.17, 15) is 4.79 Å². The fraction of sp³-hybridized carbons (Fsp3) is 0.625. The summed E-state index contributed by atoms with van der Waals surface area (Å²) in [5, 5.41) is 9.05. The summed E-state index contributed by atoms with van der Waals surface area (Å²) >= 11 is 1.84. The largest absolute Gasteiger partial charge is 0.483 e. The molecule has 0 aliphatic carbocycles. The molecule has 5 rings (SSSR count). The van der Waals surface area contributed by atoms with Gasteiger partial charge in [0.1, 0.15) is 0 Å². The van der Waals surface area contributed by atoms with Gasteiger partial charge in [-0.05, 0) is 61.7 Å². The van der Waals surface area contributed by atoms with Gasteiger partial charge in [-0.2, -0.15) is 0 Å². The third-order valence-electron chi connectivity index (χ3n) is 5.05. The fourth-order valence-corrected chi connectivity index (χ4v) is 4.76. The van der Waals surface area contributed by atoms with Crippen LogP contribution in [0.4, 0.5) is 0 Å². The zero-order valence-electron chi connectivity index (χ0n) is 12.6. The summed E-state index contributed by atoms with van der Waals surface area (Å²) in [4.78, 5) is 27.1. The van der Waals surface area contributed by atoms with Crippen LogP contribution in [-0.4, -0.2) is 53.0 Å². The monoisotopic (exact) mass is 322 g/mol. The Morgan fingerprint density at radius 2 is 2.05 bits per heavy atom. The number of carbonyl (C=O) groups excluding carboxylic acids is 1. The first kappa shape index (κ1) is 15.5. The van der Waals surface area contributed by atoms with Crippen LogP contribution < -0.4 is 0 Å². The molecule has 0 spiro atoms. The molecule has 2 bridgehead atoms. The minimum atomic E-state index is -0.250. The molecular weight excluding hydrogens is 300 g/mol. The highest BCUT2D eigenvalue weighted by Gasteiger charge is 2.39. The average molecular weight is 322 g/mol. The second kappa shape index (κ2) is 6.79. The number of hydrogen-bond acceptors (Lipinski definition) is 4. The van der Waals surface area contributed by atoms with Crippen LogP contribution in [0.1, 0.15) is 29.7 Å². The maximum absolute atomic E-state index is 12.8. The molecule has 0 saturated carbocycles. The van der Waals surface area contributed by atoms with Gasteiger partial charge >= 0.3 is 0 Å². The summed E-state index contributed by atoms with van der Waals surface area (Å²) in [6, 6.07) is 2.37. The second-order valence-corrected chi connectivity index (χ2v) is 7.22. The molecule has 1 aromatic heterocycles. The quantitative estimate of drug-likeness (QED) is 0.801. The molecule has 1 unspecified atom stereocenters. The summed E-state index contributed by atoms with van der Waals surface area (Å²) in [7, 11) is 0. The number of hydrogen-bond donors (Lipinski definition) is 1. The molecule has 6 heteroatoms. The van der Waals surface area contributed by atoms with Gasteiger partial charge in [-0.25, -0.2) is 0 Å². The van der Waals surface area contributed by atoms with Gasteiger partial charge < -0.3 is 10.0 Å². The van der Waals surface area contributed by atoms with E-state index >= 15 is 0 Å². The number of fused-ring (bicyclic) bond motifs is 4. The topological polar surface area (TPSA) is 60.9 Å². The lowest BCUT2D eigenvalue weighted by molar-refractivity contribution is -0.142. The highest BCUT2D eigenvalue weighted by molar-refractivity contribution is 7.10. The van der Waals surface area contributed by atoms with Crippen LogP contribution in [0.5, 0.6) is 0 Å². The molecule has 1 N–H and O–H groups in total. The maximum atomic E-state index is 12.8. The summed E-state index contributed by atoms with van der Waals surface area (Å²) in [6.45, 7) is 3.78. The van der Waals surface area contributed by atoms with Crippen LogP contribution in [-0.2, 0) is 22.6 Å².